The van der Waals surface area contributed by atoms with Crippen LogP contribution in [0.5, 0.6) is 11.5 Å². The van der Waals surface area contributed by atoms with Crippen molar-refractivity contribution in [2.75, 3.05) is 13.2 Å². The molecule has 1 saturated carbocycles. The molecule has 1 aliphatic carbocycles. The number of imidazole rings is 2. The van der Waals surface area contributed by atoms with Crippen molar-refractivity contribution in [3.8, 4) is 22.8 Å². The molecule has 0 unspecified atom stereocenters. The number of fused-ring (bicyclic) bond motifs is 5. The number of phenols is 1. The zero-order chi connectivity index (χ0) is 20.0. The third-order valence-corrected chi connectivity index (χ3v) is 5.97. The molecule has 7 nitrogen and oxygen atoms in total. The molecule has 1 aliphatic heterocycles. The van der Waals surface area contributed by atoms with Crippen molar-refractivity contribution in [3.63, 3.8) is 0 Å². The van der Waals surface area contributed by atoms with E-state index in [-0.39, 0.29) is 5.75 Å². The average molecular weight is 395 g/mol. The van der Waals surface area contributed by atoms with Crippen LogP contribution in [-0.2, 0) is 11.3 Å². The van der Waals surface area contributed by atoms with Crippen molar-refractivity contribution in [1.82, 2.24) is 14.0 Å². The highest BCUT2D eigenvalue weighted by Gasteiger charge is 2.31. The van der Waals surface area contributed by atoms with E-state index in [0.717, 1.165) is 29.9 Å². The van der Waals surface area contributed by atoms with Crippen LogP contribution in [-0.4, -0.2) is 38.2 Å². The monoisotopic (exact) mass is 395 g/mol. The fraction of sp³-hybridized carbons (Fsp3) is 0.455. The molecular formula is C22H25N3O4. The molecule has 0 saturated heterocycles. The summed E-state index contributed by atoms with van der Waals surface area (Å²) in [5, 5.41) is 9.94. The summed E-state index contributed by atoms with van der Waals surface area (Å²) in [5.41, 5.74) is 3.57. The Morgan fingerprint density at radius 3 is 2.93 bits per heavy atom. The van der Waals surface area contributed by atoms with Crippen LogP contribution < -0.4 is 4.74 Å². The number of aromatic nitrogens is 3. The van der Waals surface area contributed by atoms with Crippen LogP contribution in [0.15, 0.2) is 24.4 Å². The number of hydrogen-bond acceptors (Lipinski definition) is 5. The van der Waals surface area contributed by atoms with E-state index in [1.54, 1.807) is 19.1 Å². The van der Waals surface area contributed by atoms with Gasteiger partial charge in [0.25, 0.3) is 0 Å². The fourth-order valence-electron chi connectivity index (χ4n) is 4.73. The summed E-state index contributed by atoms with van der Waals surface area (Å²) in [7, 11) is 0. The molecule has 1 fully saturated rings. The number of nitrogens with zero attached hydrogens (tertiary/aromatic N) is 3. The molecule has 3 heterocycles. The molecule has 0 bridgehead atoms. The van der Waals surface area contributed by atoms with Crippen LogP contribution in [0, 0.1) is 0 Å². The molecule has 152 valence electrons. The number of aromatic hydroxyl groups is 1. The second kappa shape index (κ2) is 7.13. The molecule has 5 rings (SSSR count). The van der Waals surface area contributed by atoms with Crippen molar-refractivity contribution in [1.29, 1.82) is 0 Å². The second-order valence-electron chi connectivity index (χ2n) is 7.77. The Morgan fingerprint density at radius 1 is 1.31 bits per heavy atom. The third-order valence-electron chi connectivity index (χ3n) is 5.97. The van der Waals surface area contributed by atoms with Crippen molar-refractivity contribution < 1.29 is 19.4 Å². The van der Waals surface area contributed by atoms with E-state index in [4.69, 9.17) is 9.47 Å². The maximum atomic E-state index is 12.3. The predicted octanol–water partition coefficient (Wildman–Crippen LogP) is 4.13. The largest absolute Gasteiger partial charge is 0.508 e. The van der Waals surface area contributed by atoms with Crippen LogP contribution >= 0.6 is 0 Å². The molecule has 2 aromatic heterocycles. The number of benzene rings is 1. The number of rotatable bonds is 3. The minimum Gasteiger partial charge on any atom is -0.508 e. The van der Waals surface area contributed by atoms with Gasteiger partial charge < -0.3 is 19.1 Å². The van der Waals surface area contributed by atoms with Gasteiger partial charge >= 0.3 is 5.97 Å². The summed E-state index contributed by atoms with van der Waals surface area (Å²) >= 11 is 0. The van der Waals surface area contributed by atoms with Crippen molar-refractivity contribution >= 4 is 11.7 Å². The van der Waals surface area contributed by atoms with Crippen molar-refractivity contribution in [2.24, 2.45) is 0 Å². The van der Waals surface area contributed by atoms with E-state index < -0.39 is 5.97 Å². The van der Waals surface area contributed by atoms with E-state index in [2.05, 4.69) is 14.0 Å². The zero-order valence-electron chi connectivity index (χ0n) is 16.6. The molecule has 0 atom stereocenters. The number of esters is 1. The summed E-state index contributed by atoms with van der Waals surface area (Å²) in [6.45, 7) is 3.22. The topological polar surface area (TPSA) is 78.0 Å². The van der Waals surface area contributed by atoms with Gasteiger partial charge in [0.1, 0.15) is 18.1 Å². The maximum absolute atomic E-state index is 12.3. The number of carbonyl (C=O) groups excluding carboxylic acids is 1. The Morgan fingerprint density at radius 2 is 2.14 bits per heavy atom. The summed E-state index contributed by atoms with van der Waals surface area (Å²) in [4.78, 5) is 17.0. The first-order valence-electron chi connectivity index (χ1n) is 10.4. The maximum Gasteiger partial charge on any atom is 0.358 e. The highest BCUT2D eigenvalue weighted by Crippen LogP contribution is 2.44. The summed E-state index contributed by atoms with van der Waals surface area (Å²) in [6.07, 6.45) is 7.73. The molecule has 0 amide bonds. The molecular weight excluding hydrogens is 370 g/mol. The van der Waals surface area contributed by atoms with Gasteiger partial charge in [0.15, 0.2) is 5.69 Å². The number of phenolic OH excluding ortho intramolecular Hbond substituents is 1. The number of carbonyl (C=O) groups is 1. The van der Waals surface area contributed by atoms with Crippen molar-refractivity contribution in [2.45, 2.75) is 51.5 Å². The van der Waals surface area contributed by atoms with Crippen LogP contribution in [0.4, 0.5) is 0 Å². The van der Waals surface area contributed by atoms with Gasteiger partial charge in [0.2, 0.25) is 5.78 Å². The second-order valence-corrected chi connectivity index (χ2v) is 7.77. The lowest BCUT2D eigenvalue weighted by Crippen LogP contribution is -2.10. The highest BCUT2D eigenvalue weighted by atomic mass is 16.5. The SMILES string of the molecule is CCOC(=O)c1cn2c(C3CCCCC3)c3n(c2n1)CCOc1cc(O)ccc1-3. The zero-order valence-corrected chi connectivity index (χ0v) is 16.6. The molecule has 29 heavy (non-hydrogen) atoms. The van der Waals surface area contributed by atoms with Crippen LogP contribution in [0.1, 0.15) is 61.1 Å². The Balaban J connectivity index is 1.76. The van der Waals surface area contributed by atoms with E-state index in [0.29, 0.717) is 37.1 Å². The van der Waals surface area contributed by atoms with Gasteiger partial charge in [-0.05, 0) is 31.9 Å². The smallest absolute Gasteiger partial charge is 0.358 e. The van der Waals surface area contributed by atoms with E-state index in [1.807, 2.05) is 12.3 Å². The standard InChI is InChI=1S/C22H25N3O4/c1-2-28-21(27)17-13-25-19(14-6-4-3-5-7-14)20-16-9-8-15(26)12-18(16)29-11-10-24(20)22(25)23-17/h8-9,12-14,26H,2-7,10-11H2,1H3. The summed E-state index contributed by atoms with van der Waals surface area (Å²) in [6, 6.07) is 5.29. The van der Waals surface area contributed by atoms with E-state index >= 15 is 0 Å². The van der Waals surface area contributed by atoms with E-state index in [9.17, 15) is 9.90 Å². The number of ether oxygens (including phenoxy) is 2. The Bertz CT molecular complexity index is 1080. The lowest BCUT2D eigenvalue weighted by molar-refractivity contribution is 0.0520. The molecule has 2 aliphatic rings. The highest BCUT2D eigenvalue weighted by molar-refractivity contribution is 5.88. The lowest BCUT2D eigenvalue weighted by Gasteiger charge is -2.23. The first kappa shape index (κ1) is 18.1. The number of hydrogen-bond donors (Lipinski definition) is 1. The molecule has 7 heteroatoms. The average Bonchev–Trinajstić information content (AvgIpc) is 3.21. The van der Waals surface area contributed by atoms with Crippen LogP contribution in [0.25, 0.3) is 17.0 Å². The third kappa shape index (κ3) is 2.96. The van der Waals surface area contributed by atoms with Gasteiger partial charge in [-0.2, -0.15) is 0 Å². The Hall–Kier alpha value is -2.96. The lowest BCUT2D eigenvalue weighted by atomic mass is 9.85. The summed E-state index contributed by atoms with van der Waals surface area (Å²) < 4.78 is 15.3. The normalized spacial score (nSPS) is 16.7. The van der Waals surface area contributed by atoms with Gasteiger partial charge in [-0.1, -0.05) is 19.3 Å². The molecule has 0 spiro atoms. The van der Waals surface area contributed by atoms with E-state index in [1.165, 1.54) is 25.0 Å². The molecule has 1 aromatic carbocycles. The molecule has 0 radical (unpaired) electrons. The minimum atomic E-state index is -0.393. The first-order valence-corrected chi connectivity index (χ1v) is 10.4. The molecule has 3 aromatic rings. The fourth-order valence-corrected chi connectivity index (χ4v) is 4.73. The minimum absolute atomic E-state index is 0.192. The van der Waals surface area contributed by atoms with Gasteiger partial charge in [0, 0.05) is 23.7 Å². The Kier molecular flexibility index (Phi) is 4.45. The summed E-state index contributed by atoms with van der Waals surface area (Å²) in [5.74, 6) is 1.62. The Labute approximate surface area is 168 Å². The quantitative estimate of drug-likeness (QED) is 0.675. The van der Waals surface area contributed by atoms with Gasteiger partial charge in [-0.25, -0.2) is 9.78 Å². The predicted molar refractivity (Wildman–Crippen MR) is 108 cm³/mol. The van der Waals surface area contributed by atoms with Gasteiger partial charge in [-0.3, -0.25) is 4.40 Å². The van der Waals surface area contributed by atoms with Crippen LogP contribution in [0.2, 0.25) is 0 Å². The van der Waals surface area contributed by atoms with Crippen LogP contribution in [0.3, 0.4) is 0 Å². The van der Waals surface area contributed by atoms with Gasteiger partial charge in [0.05, 0.1) is 24.5 Å². The first-order chi connectivity index (χ1) is 14.2. The van der Waals surface area contributed by atoms with Crippen molar-refractivity contribution in [3.05, 3.63) is 35.8 Å². The van der Waals surface area contributed by atoms with Gasteiger partial charge in [-0.15, -0.1) is 0 Å². The molecule has 1 N–H and O–H groups in total.